The van der Waals surface area contributed by atoms with Crippen LogP contribution in [0.15, 0.2) is 48.5 Å². The van der Waals surface area contributed by atoms with Crippen LogP contribution in [0.1, 0.15) is 87.3 Å². The van der Waals surface area contributed by atoms with Gasteiger partial charge in [-0.2, -0.15) is 0 Å². The number of alkyl halides is 2. The molecule has 3 atom stereocenters. The second-order valence-corrected chi connectivity index (χ2v) is 17.6. The molecule has 0 bridgehead atoms. The van der Waals surface area contributed by atoms with Gasteiger partial charge in [-0.1, -0.05) is 18.2 Å². The average molecular weight is 840 g/mol. The summed E-state index contributed by atoms with van der Waals surface area (Å²) in [7, 11) is 0. The molecular weight excluding hydrogens is 795 g/mol. The lowest BCUT2D eigenvalue weighted by molar-refractivity contribution is -0.138. The molecule has 7 heterocycles. The van der Waals surface area contributed by atoms with Crippen LogP contribution in [0, 0.1) is 23.5 Å². The number of rotatable bonds is 8. The molecule has 1 unspecified atom stereocenters. The monoisotopic (exact) mass is 839 g/mol. The van der Waals surface area contributed by atoms with Crippen LogP contribution in [-0.4, -0.2) is 112 Å². The summed E-state index contributed by atoms with van der Waals surface area (Å²) in [5, 5.41) is 3.13. The number of hydrogen-bond acceptors (Lipinski definition) is 8. The number of nitrogens with one attached hydrogen (secondary N) is 2. The summed E-state index contributed by atoms with van der Waals surface area (Å²) < 4.78 is 60.1. The number of hydrogen-bond donors (Lipinski definition) is 2. The molecular formula is C45H45F4N7O5. The molecule has 0 saturated carbocycles. The molecule has 6 aliphatic heterocycles. The van der Waals surface area contributed by atoms with Crippen molar-refractivity contribution in [3.8, 4) is 0 Å². The molecule has 318 valence electrons. The van der Waals surface area contributed by atoms with E-state index in [0.29, 0.717) is 63.0 Å². The molecule has 0 spiro atoms. The third kappa shape index (κ3) is 6.78. The van der Waals surface area contributed by atoms with Gasteiger partial charge in [-0.25, -0.2) is 17.6 Å². The van der Waals surface area contributed by atoms with E-state index < -0.39 is 60.3 Å². The van der Waals surface area contributed by atoms with Crippen LogP contribution < -0.4 is 10.2 Å². The molecule has 6 aliphatic rings. The molecule has 0 radical (unpaired) electrons. The number of aromatic nitrogens is 1. The third-order valence-corrected chi connectivity index (χ3v) is 13.8. The number of likely N-dealkylation sites (tertiary alicyclic amines) is 1. The van der Waals surface area contributed by atoms with Gasteiger partial charge in [0.25, 0.3) is 18.2 Å². The van der Waals surface area contributed by atoms with Crippen molar-refractivity contribution in [3.63, 3.8) is 0 Å². The average Bonchev–Trinajstić information content (AvgIpc) is 3.85. The second kappa shape index (κ2) is 15.1. The van der Waals surface area contributed by atoms with Crippen molar-refractivity contribution in [2.45, 2.75) is 76.7 Å². The largest absolute Gasteiger partial charge is 0.370 e. The minimum atomic E-state index is -2.70. The first-order chi connectivity index (χ1) is 29.3. The number of aromatic amines is 1. The fraction of sp³-hybridized carbons (Fsp3) is 0.444. The number of carbonyl (C=O) groups excluding carboxylic acids is 5. The Bertz CT molecular complexity index is 2450. The number of fused-ring (bicyclic) bond motifs is 5. The van der Waals surface area contributed by atoms with Gasteiger partial charge in [0.1, 0.15) is 17.7 Å². The Balaban J connectivity index is 0.743. The summed E-state index contributed by atoms with van der Waals surface area (Å²) in [4.78, 5) is 76.0. The molecule has 5 amide bonds. The predicted octanol–water partition coefficient (Wildman–Crippen LogP) is 5.14. The van der Waals surface area contributed by atoms with Crippen molar-refractivity contribution in [1.29, 1.82) is 0 Å². The highest BCUT2D eigenvalue weighted by Gasteiger charge is 2.46. The zero-order chi connectivity index (χ0) is 42.4. The number of amides is 5. The number of anilines is 1. The fourth-order valence-corrected chi connectivity index (χ4v) is 10.6. The van der Waals surface area contributed by atoms with Crippen LogP contribution in [0.3, 0.4) is 0 Å². The number of piperidine rings is 2. The highest BCUT2D eigenvalue weighted by Crippen LogP contribution is 2.44. The highest BCUT2D eigenvalue weighted by atomic mass is 19.3. The summed E-state index contributed by atoms with van der Waals surface area (Å²) in [5.41, 5.74) is 4.69. The molecule has 12 nitrogen and oxygen atoms in total. The second-order valence-electron chi connectivity index (χ2n) is 17.6. The summed E-state index contributed by atoms with van der Waals surface area (Å²) in [6.07, 6.45) is -0.450. The van der Waals surface area contributed by atoms with E-state index in [1.807, 2.05) is 29.2 Å². The van der Waals surface area contributed by atoms with Gasteiger partial charge in [-0.15, -0.1) is 0 Å². The Morgan fingerprint density at radius 2 is 1.54 bits per heavy atom. The SMILES string of the molecule is C[C@@H]1Cc2c([nH]c3ccccc23)[C@@H](c2c(F)cc(N3CC(C(=O)N4CCC(CN5Cc6cc7c(cc6C5)C(=O)N(C5CCC(=O)NC5=O)C7=O)CC4)C3)cc2F)N1CC(F)F. The maximum atomic E-state index is 16.2. The number of halogens is 4. The molecule has 2 N–H and O–H groups in total. The van der Waals surface area contributed by atoms with Crippen molar-refractivity contribution in [2.24, 2.45) is 11.8 Å². The summed E-state index contributed by atoms with van der Waals surface area (Å²) in [6.45, 7) is 5.00. The fourth-order valence-electron chi connectivity index (χ4n) is 10.6. The van der Waals surface area contributed by atoms with Crippen molar-refractivity contribution in [3.05, 3.63) is 99.2 Å². The Morgan fingerprint density at radius 3 is 2.18 bits per heavy atom. The minimum Gasteiger partial charge on any atom is -0.370 e. The first-order valence-electron chi connectivity index (χ1n) is 21.1. The van der Waals surface area contributed by atoms with Crippen LogP contribution in [0.2, 0.25) is 0 Å². The van der Waals surface area contributed by atoms with E-state index in [-0.39, 0.29) is 47.4 Å². The summed E-state index contributed by atoms with van der Waals surface area (Å²) in [6, 6.07) is 11.1. The van der Waals surface area contributed by atoms with Gasteiger partial charge in [0, 0.05) is 86.1 Å². The maximum Gasteiger partial charge on any atom is 0.262 e. The number of nitrogens with zero attached hydrogens (tertiary/aromatic N) is 5. The van der Waals surface area contributed by atoms with E-state index >= 15 is 8.78 Å². The number of benzene rings is 3. The van der Waals surface area contributed by atoms with Gasteiger partial charge >= 0.3 is 0 Å². The molecule has 4 aromatic rings. The number of imide groups is 2. The minimum absolute atomic E-state index is 0.0150. The molecule has 1 aromatic heterocycles. The first-order valence-corrected chi connectivity index (χ1v) is 21.1. The van der Waals surface area contributed by atoms with Gasteiger partial charge in [0.05, 0.1) is 29.6 Å². The highest BCUT2D eigenvalue weighted by molar-refractivity contribution is 6.23. The number of carbonyl (C=O) groups is 5. The molecule has 3 saturated heterocycles. The van der Waals surface area contributed by atoms with E-state index in [2.05, 4.69) is 15.2 Å². The zero-order valence-corrected chi connectivity index (χ0v) is 33.6. The lowest BCUT2D eigenvalue weighted by Crippen LogP contribution is -2.56. The van der Waals surface area contributed by atoms with Crippen molar-refractivity contribution in [2.75, 3.05) is 44.2 Å². The van der Waals surface area contributed by atoms with Crippen molar-refractivity contribution in [1.82, 2.24) is 29.9 Å². The Labute approximate surface area is 348 Å². The normalized spacial score (nSPS) is 23.8. The van der Waals surface area contributed by atoms with E-state index in [9.17, 15) is 32.8 Å². The van der Waals surface area contributed by atoms with E-state index in [1.165, 1.54) is 17.0 Å². The number of H-pyrrole nitrogens is 1. The van der Waals surface area contributed by atoms with Crippen LogP contribution >= 0.6 is 0 Å². The summed E-state index contributed by atoms with van der Waals surface area (Å²) in [5.74, 6) is -3.70. The van der Waals surface area contributed by atoms with Crippen molar-refractivity contribution < 1.29 is 41.5 Å². The predicted molar refractivity (Wildman–Crippen MR) is 215 cm³/mol. The molecule has 3 fully saturated rings. The van der Waals surface area contributed by atoms with Crippen molar-refractivity contribution >= 4 is 46.1 Å². The smallest absolute Gasteiger partial charge is 0.262 e. The molecule has 61 heavy (non-hydrogen) atoms. The van der Waals surface area contributed by atoms with E-state index in [4.69, 9.17) is 0 Å². The molecule has 3 aromatic carbocycles. The topological polar surface area (TPSA) is 129 Å². The van der Waals surface area contributed by atoms with Gasteiger partial charge < -0.3 is 14.8 Å². The lowest BCUT2D eigenvalue weighted by Gasteiger charge is -2.44. The molecule has 0 aliphatic carbocycles. The van der Waals surface area contributed by atoms with Crippen LogP contribution in [0.4, 0.5) is 23.2 Å². The van der Waals surface area contributed by atoms with Crippen LogP contribution in [0.25, 0.3) is 10.9 Å². The standard InChI is InChI=1S/C45H45F4N7O5/c1-23-12-30-29-4-2-3-5-35(29)50-40(30)41(55(23)22-37(48)49)39-33(46)15-28(16-34(39)47)54-20-27(21-54)43(59)53-10-8-24(9-11-53)17-52-18-25-13-31-32(14-26(25)19-52)45(61)56(44(31)60)36-6-7-38(57)51-42(36)58/h2-5,13-16,23-24,27,36-37,41,50H,6-12,17-22H2,1H3,(H,51,57,58)/t23-,36?,41-/m1/s1. The quantitative estimate of drug-likeness (QED) is 0.185. The Kier molecular flexibility index (Phi) is 9.77. The lowest BCUT2D eigenvalue weighted by atomic mass is 9.87. The maximum absolute atomic E-state index is 16.2. The van der Waals surface area contributed by atoms with Crippen LogP contribution in [-0.2, 0) is 33.9 Å². The third-order valence-electron chi connectivity index (χ3n) is 13.8. The van der Waals surface area contributed by atoms with Gasteiger partial charge in [-0.05, 0) is 85.5 Å². The number of para-hydroxylation sites is 1. The van der Waals surface area contributed by atoms with Gasteiger partial charge in [0.2, 0.25) is 17.7 Å². The Morgan fingerprint density at radius 1 is 0.885 bits per heavy atom. The Hall–Kier alpha value is -5.61. The molecule has 16 heteroatoms. The van der Waals surface area contributed by atoms with E-state index in [1.54, 1.807) is 24.0 Å². The molecule has 10 rings (SSSR count). The van der Waals surface area contributed by atoms with Gasteiger partial charge in [0.15, 0.2) is 0 Å². The van der Waals surface area contributed by atoms with Crippen LogP contribution in [0.5, 0.6) is 0 Å². The van der Waals surface area contributed by atoms with E-state index in [0.717, 1.165) is 51.9 Å². The summed E-state index contributed by atoms with van der Waals surface area (Å²) >= 11 is 0. The van der Waals surface area contributed by atoms with Gasteiger partial charge in [-0.3, -0.25) is 44.0 Å². The zero-order valence-electron chi connectivity index (χ0n) is 33.6. The first kappa shape index (κ1) is 39.5.